The summed E-state index contributed by atoms with van der Waals surface area (Å²) in [7, 11) is 1.63. The van der Waals surface area contributed by atoms with Gasteiger partial charge < -0.3 is 15.5 Å². The summed E-state index contributed by atoms with van der Waals surface area (Å²) in [6.45, 7) is 4.42. The molecular weight excluding hydrogens is 406 g/mol. The molecule has 2 heterocycles. The molecule has 8 heteroatoms. The van der Waals surface area contributed by atoms with E-state index < -0.39 is 5.54 Å². The van der Waals surface area contributed by atoms with E-state index >= 15 is 0 Å². The number of hydrogen-bond donors (Lipinski definition) is 2. The second kappa shape index (κ2) is 8.76. The molecule has 32 heavy (non-hydrogen) atoms. The lowest BCUT2D eigenvalue weighted by molar-refractivity contribution is -0.133. The van der Waals surface area contributed by atoms with Gasteiger partial charge in [0.15, 0.2) is 5.69 Å². The Bertz CT molecular complexity index is 1020. The van der Waals surface area contributed by atoms with Gasteiger partial charge >= 0.3 is 0 Å². The quantitative estimate of drug-likeness (QED) is 0.725. The first-order chi connectivity index (χ1) is 15.3. The van der Waals surface area contributed by atoms with Crippen LogP contribution in [0, 0.1) is 0 Å². The number of nitrogens with zero attached hydrogens (tertiary/aromatic N) is 3. The number of amides is 3. The minimum absolute atomic E-state index is 0.162. The monoisotopic (exact) mass is 437 g/mol. The number of likely N-dealkylation sites (N-methyl/N-ethyl adjacent to an activating group) is 1. The maximum Gasteiger partial charge on any atom is 0.272 e. The molecule has 3 amide bonds. The summed E-state index contributed by atoms with van der Waals surface area (Å²) in [6, 6.07) is 9.73. The van der Waals surface area contributed by atoms with Crippen LogP contribution in [0.1, 0.15) is 71.6 Å². The van der Waals surface area contributed by atoms with E-state index in [1.54, 1.807) is 14.0 Å². The van der Waals surface area contributed by atoms with Gasteiger partial charge in [-0.25, -0.2) is 0 Å². The van der Waals surface area contributed by atoms with Crippen LogP contribution >= 0.6 is 0 Å². The summed E-state index contributed by atoms with van der Waals surface area (Å²) in [5, 5.41) is 10.3. The number of rotatable bonds is 6. The lowest BCUT2D eigenvalue weighted by Crippen LogP contribution is -2.63. The second-order valence-corrected chi connectivity index (χ2v) is 9.02. The van der Waals surface area contributed by atoms with E-state index in [1.807, 2.05) is 24.3 Å². The normalized spacial score (nSPS) is 20.8. The fraction of sp³-hybridized carbons (Fsp3) is 0.500. The number of carbonyl (C=O) groups excluding carboxylic acids is 3. The average Bonchev–Trinajstić information content (AvgIpc) is 3.46. The molecule has 8 nitrogen and oxygen atoms in total. The van der Waals surface area contributed by atoms with Gasteiger partial charge in [0.1, 0.15) is 11.2 Å². The predicted molar refractivity (Wildman–Crippen MR) is 120 cm³/mol. The molecule has 0 bridgehead atoms. The molecule has 0 unspecified atom stereocenters. The number of carbonyl (C=O) groups is 3. The van der Waals surface area contributed by atoms with Gasteiger partial charge in [0.2, 0.25) is 5.91 Å². The molecule has 1 aliphatic heterocycles. The number of nitrogens with one attached hydrogen (secondary N) is 2. The van der Waals surface area contributed by atoms with Crippen LogP contribution in [0.3, 0.4) is 0 Å². The number of hydrogen-bond acceptors (Lipinski definition) is 4. The van der Waals surface area contributed by atoms with E-state index in [4.69, 9.17) is 0 Å². The Balaban J connectivity index is 1.46. The Morgan fingerprint density at radius 2 is 1.81 bits per heavy atom. The molecule has 2 aromatic rings. The molecule has 1 saturated carbocycles. The van der Waals surface area contributed by atoms with Crippen molar-refractivity contribution in [1.29, 1.82) is 0 Å². The van der Waals surface area contributed by atoms with Gasteiger partial charge in [0, 0.05) is 25.7 Å². The lowest BCUT2D eigenvalue weighted by Gasteiger charge is -2.41. The van der Waals surface area contributed by atoms with Crippen LogP contribution in [-0.4, -0.2) is 51.0 Å². The minimum atomic E-state index is -1.06. The Morgan fingerprint density at radius 3 is 2.47 bits per heavy atom. The van der Waals surface area contributed by atoms with Gasteiger partial charge in [0.25, 0.3) is 11.8 Å². The van der Waals surface area contributed by atoms with Crippen molar-refractivity contribution in [3.05, 3.63) is 52.8 Å². The maximum absolute atomic E-state index is 13.1. The van der Waals surface area contributed by atoms with Crippen molar-refractivity contribution < 1.29 is 14.4 Å². The Labute approximate surface area is 188 Å². The molecular formula is C24H31N5O3. The van der Waals surface area contributed by atoms with Crippen LogP contribution in [0.15, 0.2) is 30.3 Å². The number of benzene rings is 1. The molecule has 2 aliphatic rings. The highest BCUT2D eigenvalue weighted by molar-refractivity contribution is 6.01. The Kier molecular flexibility index (Phi) is 6.04. The summed E-state index contributed by atoms with van der Waals surface area (Å²) >= 11 is 0. The van der Waals surface area contributed by atoms with Crippen molar-refractivity contribution in [2.24, 2.45) is 0 Å². The van der Waals surface area contributed by atoms with Gasteiger partial charge in [-0.05, 0) is 37.3 Å². The molecule has 1 aromatic heterocycles. The molecule has 1 fully saturated rings. The van der Waals surface area contributed by atoms with Crippen molar-refractivity contribution in [2.45, 2.75) is 70.6 Å². The van der Waals surface area contributed by atoms with Crippen LogP contribution < -0.4 is 10.6 Å². The zero-order valence-electron chi connectivity index (χ0n) is 19.0. The van der Waals surface area contributed by atoms with Crippen molar-refractivity contribution in [1.82, 2.24) is 25.3 Å². The molecule has 0 radical (unpaired) electrons. The minimum Gasteiger partial charge on any atom is -0.351 e. The number of aromatic nitrogens is 2. The molecule has 1 atom stereocenters. The van der Waals surface area contributed by atoms with E-state index in [0.717, 1.165) is 37.7 Å². The van der Waals surface area contributed by atoms with Crippen LogP contribution in [0.4, 0.5) is 0 Å². The Morgan fingerprint density at radius 1 is 1.16 bits per heavy atom. The molecule has 170 valence electrons. The largest absolute Gasteiger partial charge is 0.351 e. The zero-order valence-corrected chi connectivity index (χ0v) is 19.0. The van der Waals surface area contributed by atoms with E-state index in [2.05, 4.69) is 22.7 Å². The average molecular weight is 438 g/mol. The molecule has 4 rings (SSSR count). The highest BCUT2D eigenvalue weighted by atomic mass is 16.2. The molecule has 0 saturated heterocycles. The van der Waals surface area contributed by atoms with E-state index in [9.17, 15) is 14.4 Å². The molecule has 1 aromatic carbocycles. The summed E-state index contributed by atoms with van der Waals surface area (Å²) < 4.78 is 1.49. The first-order valence-corrected chi connectivity index (χ1v) is 11.3. The second-order valence-electron chi connectivity index (χ2n) is 9.02. The van der Waals surface area contributed by atoms with Crippen molar-refractivity contribution in [2.75, 3.05) is 7.05 Å². The van der Waals surface area contributed by atoms with Crippen LogP contribution in [-0.2, 0) is 24.3 Å². The SMILES string of the molecule is CCc1ccc(CNC(=O)c2cc3n(n2)C[C@](C)(C(=O)NC2CCCC2)N(C)C3=O)cc1. The topological polar surface area (TPSA) is 96.3 Å². The predicted octanol–water partition coefficient (Wildman–Crippen LogP) is 2.28. The third kappa shape index (κ3) is 4.13. The van der Waals surface area contributed by atoms with E-state index in [-0.39, 0.29) is 36.0 Å². The maximum atomic E-state index is 13.1. The molecule has 0 spiro atoms. The third-order valence-corrected chi connectivity index (χ3v) is 6.80. The first kappa shape index (κ1) is 22.0. The van der Waals surface area contributed by atoms with Crippen molar-refractivity contribution in [3.63, 3.8) is 0 Å². The van der Waals surface area contributed by atoms with Crippen molar-refractivity contribution in [3.8, 4) is 0 Å². The highest BCUT2D eigenvalue weighted by Gasteiger charge is 2.46. The van der Waals surface area contributed by atoms with E-state index in [0.29, 0.717) is 12.2 Å². The summed E-state index contributed by atoms with van der Waals surface area (Å²) in [5.74, 6) is -0.844. The van der Waals surface area contributed by atoms with Crippen LogP contribution in [0.5, 0.6) is 0 Å². The van der Waals surface area contributed by atoms with Crippen LogP contribution in [0.2, 0.25) is 0 Å². The number of fused-ring (bicyclic) bond motifs is 1. The van der Waals surface area contributed by atoms with Gasteiger partial charge in [-0.2, -0.15) is 5.10 Å². The summed E-state index contributed by atoms with van der Waals surface area (Å²) in [5.41, 5.74) is 1.66. The standard InChI is InChI=1S/C24H31N5O3/c1-4-16-9-11-17(12-10-16)14-25-21(30)19-13-20-22(31)28(3)24(2,15-29(20)27-19)23(32)26-18-7-5-6-8-18/h9-13,18H,4-8,14-15H2,1-3H3,(H,25,30)(H,26,32)/t24-/m1/s1. The van der Waals surface area contributed by atoms with Crippen LogP contribution in [0.25, 0.3) is 0 Å². The molecule has 2 N–H and O–H groups in total. The fourth-order valence-corrected chi connectivity index (χ4v) is 4.41. The third-order valence-electron chi connectivity index (χ3n) is 6.80. The Hall–Kier alpha value is -3.16. The van der Waals surface area contributed by atoms with Gasteiger partial charge in [-0.1, -0.05) is 44.0 Å². The smallest absolute Gasteiger partial charge is 0.272 e. The summed E-state index contributed by atoms with van der Waals surface area (Å²) in [6.07, 6.45) is 5.13. The van der Waals surface area contributed by atoms with Crippen molar-refractivity contribution >= 4 is 17.7 Å². The summed E-state index contributed by atoms with van der Waals surface area (Å²) in [4.78, 5) is 40.2. The molecule has 1 aliphatic carbocycles. The fourth-order valence-electron chi connectivity index (χ4n) is 4.41. The zero-order chi connectivity index (χ0) is 22.9. The first-order valence-electron chi connectivity index (χ1n) is 11.3. The van der Waals surface area contributed by atoms with Gasteiger partial charge in [-0.15, -0.1) is 0 Å². The van der Waals surface area contributed by atoms with E-state index in [1.165, 1.54) is 21.2 Å². The lowest BCUT2D eigenvalue weighted by atomic mass is 9.95. The highest BCUT2D eigenvalue weighted by Crippen LogP contribution is 2.27. The van der Waals surface area contributed by atoms with Gasteiger partial charge in [0.05, 0.1) is 6.54 Å². The van der Waals surface area contributed by atoms with Gasteiger partial charge in [-0.3, -0.25) is 19.1 Å². The number of aryl methyl sites for hydroxylation is 1.